The molecule has 2 bridgehead atoms. The number of fused-ring (bicyclic) bond motifs is 2. The Labute approximate surface area is 168 Å². The van der Waals surface area contributed by atoms with Crippen LogP contribution in [-0.2, 0) is 11.2 Å². The minimum Gasteiger partial charge on any atom is -0.496 e. The number of ether oxygens (including phenoxy) is 2. The second-order valence-electron chi connectivity index (χ2n) is 8.91. The second-order valence-corrected chi connectivity index (χ2v) is 8.91. The van der Waals surface area contributed by atoms with Gasteiger partial charge in [-0.3, -0.25) is 4.79 Å². The molecule has 1 saturated carbocycles. The van der Waals surface area contributed by atoms with Crippen molar-refractivity contribution >= 4 is 11.5 Å². The molecule has 2 aliphatic carbocycles. The smallest absolute Gasteiger partial charge is 0.314 e. The Morgan fingerprint density at radius 3 is 2.29 bits per heavy atom. The molecule has 1 aromatic rings. The minimum absolute atomic E-state index is 0.275. The van der Waals surface area contributed by atoms with Crippen molar-refractivity contribution < 1.29 is 19.4 Å². The number of hydrogen-bond donors (Lipinski definition) is 1. The Bertz CT molecular complexity index is 780. The Balaban J connectivity index is 2.19. The van der Waals surface area contributed by atoms with Crippen molar-refractivity contribution in [3.8, 4) is 11.5 Å². The molecule has 0 aromatic heterocycles. The third-order valence-electron chi connectivity index (χ3n) is 7.37. The number of carbonyl (C=O) groups is 1. The van der Waals surface area contributed by atoms with Crippen LogP contribution in [0.1, 0.15) is 70.9 Å². The van der Waals surface area contributed by atoms with E-state index in [-0.39, 0.29) is 11.3 Å². The lowest BCUT2D eigenvalue weighted by Crippen LogP contribution is -2.40. The highest BCUT2D eigenvalue weighted by Gasteiger charge is 2.67. The van der Waals surface area contributed by atoms with Crippen LogP contribution in [0.5, 0.6) is 11.5 Å². The van der Waals surface area contributed by atoms with Crippen LogP contribution in [0.4, 0.5) is 0 Å². The molecule has 1 N–H and O–H groups in total. The fourth-order valence-electron chi connectivity index (χ4n) is 5.89. The topological polar surface area (TPSA) is 55.8 Å². The molecule has 2 unspecified atom stereocenters. The third-order valence-corrected chi connectivity index (χ3v) is 7.37. The van der Waals surface area contributed by atoms with Gasteiger partial charge in [0.25, 0.3) is 0 Å². The molecular formula is C24H34O4. The number of allylic oxidation sites excluding steroid dienone is 1. The lowest BCUT2D eigenvalue weighted by molar-refractivity contribution is -0.149. The van der Waals surface area contributed by atoms with Crippen molar-refractivity contribution in [2.45, 2.75) is 66.2 Å². The van der Waals surface area contributed by atoms with E-state index in [0.29, 0.717) is 6.42 Å². The number of carboxylic acid groups (broad SMARTS) is 1. The van der Waals surface area contributed by atoms with E-state index in [2.05, 4.69) is 39.8 Å². The fourth-order valence-corrected chi connectivity index (χ4v) is 5.89. The molecule has 4 nitrogen and oxygen atoms in total. The molecule has 0 saturated heterocycles. The number of unbranched alkanes of at least 4 members (excludes halogenated alkanes) is 2. The van der Waals surface area contributed by atoms with Gasteiger partial charge in [-0.2, -0.15) is 0 Å². The van der Waals surface area contributed by atoms with Gasteiger partial charge in [0, 0.05) is 0 Å². The van der Waals surface area contributed by atoms with Crippen LogP contribution in [-0.4, -0.2) is 25.3 Å². The molecule has 0 spiro atoms. The third kappa shape index (κ3) is 2.75. The van der Waals surface area contributed by atoms with E-state index in [9.17, 15) is 9.90 Å². The first-order chi connectivity index (χ1) is 13.3. The molecule has 4 heteroatoms. The molecule has 0 radical (unpaired) electrons. The van der Waals surface area contributed by atoms with E-state index < -0.39 is 11.4 Å². The van der Waals surface area contributed by atoms with Crippen molar-refractivity contribution in [3.05, 3.63) is 28.8 Å². The van der Waals surface area contributed by atoms with Gasteiger partial charge in [0.15, 0.2) is 0 Å². The molecule has 28 heavy (non-hydrogen) atoms. The number of methoxy groups -OCH3 is 2. The number of rotatable bonds is 8. The second kappa shape index (κ2) is 7.46. The van der Waals surface area contributed by atoms with E-state index >= 15 is 0 Å². The van der Waals surface area contributed by atoms with Crippen molar-refractivity contribution in [1.29, 1.82) is 0 Å². The largest absolute Gasteiger partial charge is 0.496 e. The standard InChI is InChI=1S/C24H34O4/c1-7-8-9-10-16-13-18(27-5)20(19(14-16)28-6)21-15(2)17-11-12-24(21,22(25)26)23(17,3)4/h13-14,17H,7-12H2,1-6H3,(H,25,26). The van der Waals surface area contributed by atoms with Crippen LogP contribution < -0.4 is 9.47 Å². The highest BCUT2D eigenvalue weighted by atomic mass is 16.5. The predicted molar refractivity (Wildman–Crippen MR) is 112 cm³/mol. The normalized spacial score (nSPS) is 25.3. The average Bonchev–Trinajstić information content (AvgIpc) is 3.02. The van der Waals surface area contributed by atoms with E-state index in [1.54, 1.807) is 14.2 Å². The van der Waals surface area contributed by atoms with Crippen LogP contribution in [0.3, 0.4) is 0 Å². The van der Waals surface area contributed by atoms with Crippen molar-refractivity contribution in [1.82, 2.24) is 0 Å². The van der Waals surface area contributed by atoms with E-state index in [1.165, 1.54) is 24.0 Å². The van der Waals surface area contributed by atoms with Crippen LogP contribution >= 0.6 is 0 Å². The zero-order chi connectivity index (χ0) is 20.7. The molecular weight excluding hydrogens is 352 g/mol. The summed E-state index contributed by atoms with van der Waals surface area (Å²) in [5, 5.41) is 10.4. The van der Waals surface area contributed by atoms with Crippen LogP contribution in [0.15, 0.2) is 17.7 Å². The SMILES string of the molecule is CCCCCc1cc(OC)c(C2=C(C)C3CCC2(C(=O)O)C3(C)C)c(OC)c1. The average molecular weight is 387 g/mol. The summed E-state index contributed by atoms with van der Waals surface area (Å²) in [6.45, 7) is 8.50. The molecule has 3 rings (SSSR count). The molecule has 0 heterocycles. The van der Waals surface area contributed by atoms with Crippen LogP contribution in [0.2, 0.25) is 0 Å². The van der Waals surface area contributed by atoms with E-state index in [4.69, 9.17) is 9.47 Å². The molecule has 0 aliphatic heterocycles. The fraction of sp³-hybridized carbons (Fsp3) is 0.625. The summed E-state index contributed by atoms with van der Waals surface area (Å²) in [5.74, 6) is 0.994. The maximum atomic E-state index is 12.7. The van der Waals surface area contributed by atoms with Gasteiger partial charge in [-0.05, 0) is 67.2 Å². The van der Waals surface area contributed by atoms with E-state index in [0.717, 1.165) is 41.9 Å². The van der Waals surface area contributed by atoms with Gasteiger partial charge in [0.1, 0.15) is 11.5 Å². The monoisotopic (exact) mass is 386 g/mol. The number of aryl methyl sites for hydroxylation is 1. The zero-order valence-electron chi connectivity index (χ0n) is 18.1. The van der Waals surface area contributed by atoms with E-state index in [1.807, 2.05) is 0 Å². The van der Waals surface area contributed by atoms with Gasteiger partial charge >= 0.3 is 5.97 Å². The maximum Gasteiger partial charge on any atom is 0.314 e. The summed E-state index contributed by atoms with van der Waals surface area (Å²) in [6.07, 6.45) is 6.05. The summed E-state index contributed by atoms with van der Waals surface area (Å²) >= 11 is 0. The molecule has 0 amide bonds. The summed E-state index contributed by atoms with van der Waals surface area (Å²) in [6, 6.07) is 4.14. The molecule has 1 aromatic carbocycles. The van der Waals surface area contributed by atoms with Gasteiger partial charge in [-0.15, -0.1) is 0 Å². The number of aliphatic carboxylic acids is 1. The lowest BCUT2D eigenvalue weighted by Gasteiger charge is -2.37. The maximum absolute atomic E-state index is 12.7. The number of hydrogen-bond acceptors (Lipinski definition) is 3. The van der Waals surface area contributed by atoms with Crippen LogP contribution in [0, 0.1) is 16.7 Å². The summed E-state index contributed by atoms with van der Waals surface area (Å²) in [5.41, 5.74) is 2.87. The zero-order valence-corrected chi connectivity index (χ0v) is 18.1. The molecule has 1 fully saturated rings. The Hall–Kier alpha value is -1.97. The van der Waals surface area contributed by atoms with Crippen molar-refractivity contribution in [2.24, 2.45) is 16.7 Å². The van der Waals surface area contributed by atoms with Gasteiger partial charge in [0.05, 0.1) is 25.2 Å². The first-order valence-corrected chi connectivity index (χ1v) is 10.5. The highest BCUT2D eigenvalue weighted by molar-refractivity contribution is 5.99. The van der Waals surface area contributed by atoms with Gasteiger partial charge in [-0.1, -0.05) is 39.2 Å². The van der Waals surface area contributed by atoms with Crippen molar-refractivity contribution in [3.63, 3.8) is 0 Å². The Morgan fingerprint density at radius 2 is 1.79 bits per heavy atom. The Kier molecular flexibility index (Phi) is 5.53. The van der Waals surface area contributed by atoms with Gasteiger partial charge < -0.3 is 14.6 Å². The Morgan fingerprint density at radius 1 is 1.18 bits per heavy atom. The van der Waals surface area contributed by atoms with Gasteiger partial charge in [-0.25, -0.2) is 0 Å². The number of carboxylic acids is 1. The van der Waals surface area contributed by atoms with Gasteiger partial charge in [0.2, 0.25) is 0 Å². The van der Waals surface area contributed by atoms with Crippen LogP contribution in [0.25, 0.3) is 5.57 Å². The highest BCUT2D eigenvalue weighted by Crippen LogP contribution is 2.71. The minimum atomic E-state index is -0.897. The molecule has 2 aliphatic rings. The van der Waals surface area contributed by atoms with Crippen molar-refractivity contribution in [2.75, 3.05) is 14.2 Å². The summed E-state index contributed by atoms with van der Waals surface area (Å²) in [7, 11) is 3.32. The quantitative estimate of drug-likeness (QED) is 0.580. The summed E-state index contributed by atoms with van der Waals surface area (Å²) in [4.78, 5) is 12.7. The lowest BCUT2D eigenvalue weighted by atomic mass is 9.64. The predicted octanol–water partition coefficient (Wildman–Crippen LogP) is 5.73. The molecule has 154 valence electrons. The molecule has 2 atom stereocenters. The number of benzene rings is 1. The first-order valence-electron chi connectivity index (χ1n) is 10.5. The first kappa shape index (κ1) is 20.8. The summed E-state index contributed by atoms with van der Waals surface area (Å²) < 4.78 is 11.6.